The van der Waals surface area contributed by atoms with E-state index in [9.17, 15) is 14.7 Å². The summed E-state index contributed by atoms with van der Waals surface area (Å²) >= 11 is 0. The van der Waals surface area contributed by atoms with Gasteiger partial charge in [-0.2, -0.15) is 0 Å². The first-order valence-electron chi connectivity index (χ1n) is 11.9. The second-order valence-electron chi connectivity index (χ2n) is 8.87. The topological polar surface area (TPSA) is 69.6 Å². The molecule has 0 aromatic carbocycles. The number of amides is 2. The van der Waals surface area contributed by atoms with E-state index in [4.69, 9.17) is 0 Å². The van der Waals surface area contributed by atoms with Crippen LogP contribution in [0, 0.1) is 0 Å². The zero-order chi connectivity index (χ0) is 20.2. The van der Waals surface area contributed by atoms with Gasteiger partial charge in [0.2, 0.25) is 11.8 Å². The van der Waals surface area contributed by atoms with Crippen molar-refractivity contribution in [2.45, 2.75) is 128 Å². The molecule has 5 heteroatoms. The zero-order valence-electron chi connectivity index (χ0n) is 18.0. The molecule has 0 aromatic rings. The van der Waals surface area contributed by atoms with E-state index in [0.29, 0.717) is 30.8 Å². The van der Waals surface area contributed by atoms with Crippen LogP contribution in [0.3, 0.4) is 0 Å². The van der Waals surface area contributed by atoms with E-state index >= 15 is 0 Å². The van der Waals surface area contributed by atoms with Gasteiger partial charge in [0.1, 0.15) is 0 Å². The molecule has 2 rings (SSSR count). The van der Waals surface area contributed by atoms with E-state index in [2.05, 4.69) is 17.1 Å². The van der Waals surface area contributed by atoms with Crippen LogP contribution >= 0.6 is 0 Å². The second kappa shape index (κ2) is 13.2. The SMILES string of the molecule is CCCCCC(O)CC[C@H]1CCCC(=O)N1CCCCCCC(=O)NC1CC1. The van der Waals surface area contributed by atoms with Gasteiger partial charge in [-0.1, -0.05) is 39.0 Å². The largest absolute Gasteiger partial charge is 0.393 e. The van der Waals surface area contributed by atoms with E-state index in [1.165, 1.54) is 12.8 Å². The van der Waals surface area contributed by atoms with Crippen LogP contribution in [-0.2, 0) is 9.59 Å². The minimum Gasteiger partial charge on any atom is -0.393 e. The summed E-state index contributed by atoms with van der Waals surface area (Å²) in [5.41, 5.74) is 0. The lowest BCUT2D eigenvalue weighted by Gasteiger charge is -2.36. The van der Waals surface area contributed by atoms with E-state index < -0.39 is 0 Å². The number of piperidine rings is 1. The monoisotopic (exact) mass is 394 g/mol. The Balaban J connectivity index is 1.58. The van der Waals surface area contributed by atoms with E-state index in [1.54, 1.807) is 0 Å². The number of rotatable bonds is 15. The molecule has 0 radical (unpaired) electrons. The fraction of sp³-hybridized carbons (Fsp3) is 0.913. The van der Waals surface area contributed by atoms with Crippen LogP contribution < -0.4 is 5.32 Å². The lowest BCUT2D eigenvalue weighted by atomic mass is 9.94. The molecular weight excluding hydrogens is 352 g/mol. The van der Waals surface area contributed by atoms with Crippen LogP contribution in [-0.4, -0.2) is 46.6 Å². The Labute approximate surface area is 171 Å². The molecule has 1 heterocycles. The van der Waals surface area contributed by atoms with Gasteiger partial charge in [0.15, 0.2) is 0 Å². The molecule has 1 unspecified atom stereocenters. The Kier molecular flexibility index (Phi) is 10.9. The molecule has 2 N–H and O–H groups in total. The summed E-state index contributed by atoms with van der Waals surface area (Å²) in [4.78, 5) is 26.2. The number of likely N-dealkylation sites (tertiary alicyclic amines) is 1. The number of aliphatic hydroxyl groups excluding tert-OH is 1. The Morgan fingerprint density at radius 1 is 1.11 bits per heavy atom. The van der Waals surface area contributed by atoms with E-state index in [-0.39, 0.29) is 12.0 Å². The number of hydrogen-bond donors (Lipinski definition) is 2. The van der Waals surface area contributed by atoms with Crippen LogP contribution in [0.2, 0.25) is 0 Å². The van der Waals surface area contributed by atoms with Gasteiger partial charge in [-0.3, -0.25) is 9.59 Å². The van der Waals surface area contributed by atoms with Gasteiger partial charge in [-0.05, 0) is 57.8 Å². The summed E-state index contributed by atoms with van der Waals surface area (Å²) in [7, 11) is 0. The maximum Gasteiger partial charge on any atom is 0.222 e. The summed E-state index contributed by atoms with van der Waals surface area (Å²) in [6.07, 6.45) is 15.7. The first-order chi connectivity index (χ1) is 13.6. The summed E-state index contributed by atoms with van der Waals surface area (Å²) in [6.45, 7) is 3.02. The molecule has 1 saturated heterocycles. The molecular formula is C23H42N2O3. The van der Waals surface area contributed by atoms with Crippen molar-refractivity contribution in [1.82, 2.24) is 10.2 Å². The normalized spacial score (nSPS) is 21.0. The van der Waals surface area contributed by atoms with Crippen LogP contribution in [0.15, 0.2) is 0 Å². The third-order valence-corrected chi connectivity index (χ3v) is 6.16. The zero-order valence-corrected chi connectivity index (χ0v) is 18.0. The molecule has 2 amide bonds. The quantitative estimate of drug-likeness (QED) is 0.406. The first-order valence-corrected chi connectivity index (χ1v) is 11.9. The fourth-order valence-corrected chi connectivity index (χ4v) is 4.21. The van der Waals surface area contributed by atoms with Crippen LogP contribution in [0.1, 0.15) is 110 Å². The molecule has 0 bridgehead atoms. The van der Waals surface area contributed by atoms with Crippen molar-refractivity contribution in [3.63, 3.8) is 0 Å². The lowest BCUT2D eigenvalue weighted by molar-refractivity contribution is -0.136. The van der Waals surface area contributed by atoms with Crippen molar-refractivity contribution < 1.29 is 14.7 Å². The average molecular weight is 395 g/mol. The minimum absolute atomic E-state index is 0.200. The highest BCUT2D eigenvalue weighted by Gasteiger charge is 2.27. The van der Waals surface area contributed by atoms with Crippen molar-refractivity contribution in [3.05, 3.63) is 0 Å². The smallest absolute Gasteiger partial charge is 0.222 e. The minimum atomic E-state index is -0.216. The van der Waals surface area contributed by atoms with Gasteiger partial charge in [0.25, 0.3) is 0 Å². The predicted molar refractivity (Wildman–Crippen MR) is 113 cm³/mol. The molecule has 1 aliphatic carbocycles. The summed E-state index contributed by atoms with van der Waals surface area (Å²) in [6, 6.07) is 0.770. The highest BCUT2D eigenvalue weighted by atomic mass is 16.3. The molecule has 1 saturated carbocycles. The van der Waals surface area contributed by atoms with Crippen molar-refractivity contribution in [2.75, 3.05) is 6.54 Å². The Hall–Kier alpha value is -1.10. The van der Waals surface area contributed by atoms with Gasteiger partial charge in [0.05, 0.1) is 6.10 Å². The number of hydrogen-bond acceptors (Lipinski definition) is 3. The van der Waals surface area contributed by atoms with Crippen LogP contribution in [0.4, 0.5) is 0 Å². The summed E-state index contributed by atoms with van der Waals surface area (Å²) < 4.78 is 0. The van der Waals surface area contributed by atoms with Crippen molar-refractivity contribution >= 4 is 11.8 Å². The third-order valence-electron chi connectivity index (χ3n) is 6.16. The van der Waals surface area contributed by atoms with Crippen LogP contribution in [0.25, 0.3) is 0 Å². The Bertz CT molecular complexity index is 465. The number of carbonyl (C=O) groups is 2. The lowest BCUT2D eigenvalue weighted by Crippen LogP contribution is -2.44. The molecule has 28 heavy (non-hydrogen) atoms. The average Bonchev–Trinajstić information content (AvgIpc) is 3.48. The van der Waals surface area contributed by atoms with Crippen molar-refractivity contribution in [2.24, 2.45) is 0 Å². The van der Waals surface area contributed by atoms with Gasteiger partial charge < -0.3 is 15.3 Å². The molecule has 0 aromatic heterocycles. The maximum atomic E-state index is 12.4. The van der Waals surface area contributed by atoms with E-state index in [1.807, 2.05) is 0 Å². The Morgan fingerprint density at radius 2 is 1.89 bits per heavy atom. The third kappa shape index (κ3) is 9.40. The van der Waals surface area contributed by atoms with Gasteiger partial charge in [-0.25, -0.2) is 0 Å². The van der Waals surface area contributed by atoms with Gasteiger partial charge >= 0.3 is 0 Å². The summed E-state index contributed by atoms with van der Waals surface area (Å²) in [5, 5.41) is 13.2. The second-order valence-corrected chi connectivity index (χ2v) is 8.87. The molecule has 2 atom stereocenters. The molecule has 2 aliphatic rings. The molecule has 0 spiro atoms. The standard InChI is InChI=1S/C23H42N2O3/c1-2-3-6-11-21(26)17-16-20-10-9-13-23(28)25(20)18-8-5-4-7-12-22(27)24-19-14-15-19/h19-21,26H,2-18H2,1H3,(H,24,27)/t20-,21?/m1/s1. The number of carbonyl (C=O) groups excluding carboxylic acids is 2. The summed E-state index contributed by atoms with van der Waals surface area (Å²) in [5.74, 6) is 0.492. The predicted octanol–water partition coefficient (Wildman–Crippen LogP) is 4.32. The van der Waals surface area contributed by atoms with Gasteiger partial charge in [-0.15, -0.1) is 0 Å². The van der Waals surface area contributed by atoms with Crippen molar-refractivity contribution in [3.8, 4) is 0 Å². The highest BCUT2D eigenvalue weighted by Crippen LogP contribution is 2.24. The molecule has 1 aliphatic heterocycles. The first kappa shape index (κ1) is 23.2. The Morgan fingerprint density at radius 3 is 2.64 bits per heavy atom. The van der Waals surface area contributed by atoms with Crippen molar-refractivity contribution in [1.29, 1.82) is 0 Å². The number of unbranched alkanes of at least 4 members (excludes halogenated alkanes) is 5. The number of aliphatic hydroxyl groups is 1. The highest BCUT2D eigenvalue weighted by molar-refractivity contribution is 5.77. The number of nitrogens with one attached hydrogen (secondary N) is 1. The van der Waals surface area contributed by atoms with Gasteiger partial charge in [0, 0.05) is 31.5 Å². The maximum absolute atomic E-state index is 12.4. The molecule has 2 fully saturated rings. The molecule has 162 valence electrons. The fourth-order valence-electron chi connectivity index (χ4n) is 4.21. The molecule has 5 nitrogen and oxygen atoms in total. The van der Waals surface area contributed by atoms with Crippen LogP contribution in [0.5, 0.6) is 0 Å². The number of nitrogens with zero attached hydrogens (tertiary/aromatic N) is 1. The van der Waals surface area contributed by atoms with E-state index in [0.717, 1.165) is 83.6 Å².